The Morgan fingerprint density at radius 3 is 2.65 bits per heavy atom. The summed E-state index contributed by atoms with van der Waals surface area (Å²) in [7, 11) is 1.82. The maximum Gasteiger partial charge on any atom is 0.267 e. The van der Waals surface area contributed by atoms with Crippen molar-refractivity contribution in [3.05, 3.63) is 118 Å². The number of nitrogens with one attached hydrogen (secondary N) is 1. The quantitative estimate of drug-likeness (QED) is 0.351. The summed E-state index contributed by atoms with van der Waals surface area (Å²) in [6.07, 6.45) is 6.64. The van der Waals surface area contributed by atoms with Crippen LogP contribution in [0.2, 0.25) is 0 Å². The van der Waals surface area contributed by atoms with Crippen molar-refractivity contribution in [2.24, 2.45) is 7.05 Å². The van der Waals surface area contributed by atoms with Crippen LogP contribution in [0.15, 0.2) is 84.3 Å². The van der Waals surface area contributed by atoms with Gasteiger partial charge in [0, 0.05) is 25.0 Å². The van der Waals surface area contributed by atoms with Crippen LogP contribution in [0.5, 0.6) is 0 Å². The van der Waals surface area contributed by atoms with E-state index in [0.717, 1.165) is 5.56 Å². The van der Waals surface area contributed by atoms with Gasteiger partial charge in [0.2, 0.25) is 0 Å². The SMILES string of the molecule is Cc1nn2cnccc2c1C(=O)N[C@@H](C)c1nc2cccc(C#Cc3cnn(C)c3)c2c(=O)n1-c1ccccc1. The summed E-state index contributed by atoms with van der Waals surface area (Å²) in [6.45, 7) is 3.58. The molecule has 0 aliphatic rings. The first-order valence-corrected chi connectivity index (χ1v) is 12.6. The lowest BCUT2D eigenvalue weighted by atomic mass is 10.1. The molecule has 10 heteroatoms. The first-order chi connectivity index (χ1) is 19.4. The van der Waals surface area contributed by atoms with E-state index in [-0.39, 0.29) is 11.5 Å². The molecule has 2 aromatic carbocycles. The van der Waals surface area contributed by atoms with E-state index in [2.05, 4.69) is 32.3 Å². The van der Waals surface area contributed by atoms with Crippen molar-refractivity contribution in [3.63, 3.8) is 0 Å². The highest BCUT2D eigenvalue weighted by Crippen LogP contribution is 2.22. The van der Waals surface area contributed by atoms with Crippen LogP contribution in [-0.4, -0.2) is 39.8 Å². The van der Waals surface area contributed by atoms with E-state index >= 15 is 0 Å². The number of fused-ring (bicyclic) bond motifs is 2. The van der Waals surface area contributed by atoms with Crippen LogP contribution in [0.3, 0.4) is 0 Å². The van der Waals surface area contributed by atoms with Gasteiger partial charge in [-0.3, -0.25) is 18.8 Å². The van der Waals surface area contributed by atoms with Crippen molar-refractivity contribution in [3.8, 4) is 17.5 Å². The molecule has 1 amide bonds. The molecule has 0 saturated heterocycles. The lowest BCUT2D eigenvalue weighted by Crippen LogP contribution is -2.33. The van der Waals surface area contributed by atoms with E-state index < -0.39 is 6.04 Å². The van der Waals surface area contributed by atoms with Crippen LogP contribution in [-0.2, 0) is 7.05 Å². The van der Waals surface area contributed by atoms with Crippen molar-refractivity contribution in [2.45, 2.75) is 19.9 Å². The summed E-state index contributed by atoms with van der Waals surface area (Å²) in [5.74, 6) is 6.27. The molecule has 4 heterocycles. The largest absolute Gasteiger partial charge is 0.342 e. The monoisotopic (exact) mass is 528 g/mol. The summed E-state index contributed by atoms with van der Waals surface area (Å²) in [5, 5.41) is 12.0. The number of aromatic nitrogens is 7. The maximum atomic E-state index is 14.1. The minimum absolute atomic E-state index is 0.276. The second-order valence-corrected chi connectivity index (χ2v) is 9.36. The molecule has 1 atom stereocenters. The molecule has 6 aromatic rings. The number of rotatable bonds is 4. The molecule has 0 fully saturated rings. The number of carbonyl (C=O) groups excluding carboxylic acids is 1. The number of amides is 1. The van der Waals surface area contributed by atoms with Crippen LogP contribution in [0.1, 0.15) is 46.0 Å². The minimum atomic E-state index is -0.619. The molecule has 40 heavy (non-hydrogen) atoms. The average Bonchev–Trinajstić information content (AvgIpc) is 3.53. The van der Waals surface area contributed by atoms with Crippen molar-refractivity contribution >= 4 is 22.3 Å². The van der Waals surface area contributed by atoms with Crippen molar-refractivity contribution < 1.29 is 4.79 Å². The zero-order valence-electron chi connectivity index (χ0n) is 22.0. The molecule has 196 valence electrons. The van der Waals surface area contributed by atoms with Gasteiger partial charge in [0.05, 0.1) is 51.2 Å². The summed E-state index contributed by atoms with van der Waals surface area (Å²) in [6, 6.07) is 15.8. The van der Waals surface area contributed by atoms with Crippen molar-refractivity contribution in [1.82, 2.24) is 39.2 Å². The Hall–Kier alpha value is -5.56. The molecule has 4 aromatic heterocycles. The molecule has 0 saturated carbocycles. The Labute approximate surface area is 228 Å². The van der Waals surface area contributed by atoms with Gasteiger partial charge in [0.15, 0.2) is 0 Å². The van der Waals surface area contributed by atoms with E-state index in [9.17, 15) is 9.59 Å². The van der Waals surface area contributed by atoms with Crippen molar-refractivity contribution in [1.29, 1.82) is 0 Å². The molecule has 6 rings (SSSR count). The summed E-state index contributed by atoms with van der Waals surface area (Å²) >= 11 is 0. The second-order valence-electron chi connectivity index (χ2n) is 9.36. The van der Waals surface area contributed by atoms with Crippen LogP contribution in [0.4, 0.5) is 0 Å². The summed E-state index contributed by atoms with van der Waals surface area (Å²) in [4.78, 5) is 36.6. The molecule has 0 unspecified atom stereocenters. The van der Waals surface area contributed by atoms with Crippen LogP contribution >= 0.6 is 0 Å². The standard InChI is InChI=1S/C30H24N8O2/c1-19-26(25-14-15-31-18-37(25)35-19)29(39)33-20(2)28-34-24-11-7-8-22(13-12-21-16-32-36(3)17-21)27(24)30(40)38(28)23-9-5-4-6-10-23/h4-11,14-18,20H,1-3H3,(H,33,39)/t20-/m0/s1. The molecule has 0 aliphatic heterocycles. The molecule has 0 bridgehead atoms. The van der Waals surface area contributed by atoms with E-state index in [1.165, 1.54) is 4.57 Å². The highest BCUT2D eigenvalue weighted by Gasteiger charge is 2.24. The predicted octanol–water partition coefficient (Wildman–Crippen LogP) is 3.36. The Bertz CT molecular complexity index is 2030. The molecule has 0 spiro atoms. The fourth-order valence-electron chi connectivity index (χ4n) is 4.74. The number of para-hydroxylation sites is 1. The Kier molecular flexibility index (Phi) is 6.16. The van der Waals surface area contributed by atoms with Gasteiger partial charge >= 0.3 is 0 Å². The normalized spacial score (nSPS) is 11.8. The molecule has 0 aliphatic carbocycles. The highest BCUT2D eigenvalue weighted by atomic mass is 16.2. The summed E-state index contributed by atoms with van der Waals surface area (Å²) in [5.41, 5.74) is 3.79. The number of benzene rings is 2. The molecule has 10 nitrogen and oxygen atoms in total. The molecule has 1 N–H and O–H groups in total. The third-order valence-corrected chi connectivity index (χ3v) is 6.56. The number of hydrogen-bond acceptors (Lipinski definition) is 6. The third kappa shape index (κ3) is 4.39. The van der Waals surface area contributed by atoms with E-state index in [0.29, 0.717) is 44.8 Å². The van der Waals surface area contributed by atoms with Crippen LogP contribution in [0, 0.1) is 18.8 Å². The number of carbonyl (C=O) groups is 1. The Morgan fingerprint density at radius 2 is 1.88 bits per heavy atom. The second kappa shape index (κ2) is 9.96. The van der Waals surface area contributed by atoms with Gasteiger partial charge in [-0.05, 0) is 44.2 Å². The van der Waals surface area contributed by atoms with Crippen LogP contribution in [0.25, 0.3) is 22.1 Å². The first kappa shape index (κ1) is 24.8. The van der Waals surface area contributed by atoms with Gasteiger partial charge in [-0.2, -0.15) is 10.2 Å². The maximum absolute atomic E-state index is 14.1. The lowest BCUT2D eigenvalue weighted by molar-refractivity contribution is 0.0939. The zero-order valence-corrected chi connectivity index (χ0v) is 22.0. The van der Waals surface area contributed by atoms with Gasteiger partial charge in [0.1, 0.15) is 12.2 Å². The van der Waals surface area contributed by atoms with E-state index in [4.69, 9.17) is 4.98 Å². The Morgan fingerprint density at radius 1 is 1.05 bits per heavy atom. The summed E-state index contributed by atoms with van der Waals surface area (Å²) < 4.78 is 4.77. The molecule has 0 radical (unpaired) electrons. The van der Waals surface area contributed by atoms with Gasteiger partial charge in [-0.25, -0.2) is 14.5 Å². The topological polar surface area (TPSA) is 112 Å². The number of aryl methyl sites for hydroxylation is 2. The molecular weight excluding hydrogens is 504 g/mol. The fourth-order valence-corrected chi connectivity index (χ4v) is 4.74. The average molecular weight is 529 g/mol. The van der Waals surface area contributed by atoms with Gasteiger partial charge < -0.3 is 5.32 Å². The fraction of sp³-hybridized carbons (Fsp3) is 0.133. The first-order valence-electron chi connectivity index (χ1n) is 12.6. The van der Waals surface area contributed by atoms with Gasteiger partial charge in [-0.1, -0.05) is 36.1 Å². The zero-order chi connectivity index (χ0) is 27.8. The number of hydrogen-bond donors (Lipinski definition) is 1. The Balaban J connectivity index is 1.48. The van der Waals surface area contributed by atoms with Gasteiger partial charge in [0.25, 0.3) is 11.5 Å². The minimum Gasteiger partial charge on any atom is -0.342 e. The van der Waals surface area contributed by atoms with Crippen molar-refractivity contribution in [2.75, 3.05) is 0 Å². The third-order valence-electron chi connectivity index (χ3n) is 6.56. The van der Waals surface area contributed by atoms with E-state index in [1.807, 2.05) is 49.6 Å². The predicted molar refractivity (Wildman–Crippen MR) is 150 cm³/mol. The van der Waals surface area contributed by atoms with Gasteiger partial charge in [-0.15, -0.1) is 0 Å². The smallest absolute Gasteiger partial charge is 0.267 e. The number of nitrogens with zero attached hydrogens (tertiary/aromatic N) is 7. The van der Waals surface area contributed by atoms with Crippen LogP contribution < -0.4 is 10.9 Å². The lowest BCUT2D eigenvalue weighted by Gasteiger charge is -2.20. The highest BCUT2D eigenvalue weighted by molar-refractivity contribution is 6.02. The van der Waals surface area contributed by atoms with E-state index in [1.54, 1.807) is 60.0 Å². The molecular formula is C30H24N8O2.